The van der Waals surface area contributed by atoms with E-state index in [4.69, 9.17) is 14.6 Å². The largest absolute Gasteiger partial charge is 0.493 e. The van der Waals surface area contributed by atoms with Crippen LogP contribution in [0.15, 0.2) is 47.4 Å². The third kappa shape index (κ3) is 7.12. The molecule has 0 aliphatic carbocycles. The number of carbonyl (C=O) groups excluding carboxylic acids is 2. The zero-order valence-corrected chi connectivity index (χ0v) is 24.8. The Kier molecular flexibility index (Phi) is 9.19. The van der Waals surface area contributed by atoms with Crippen LogP contribution in [0, 0.1) is 5.92 Å². The molecule has 42 heavy (non-hydrogen) atoms. The minimum Gasteiger partial charge on any atom is -0.493 e. The quantitative estimate of drug-likeness (QED) is 0.412. The number of sulfonamides is 1. The molecule has 2 fully saturated rings. The normalized spacial score (nSPS) is 27.6. The van der Waals surface area contributed by atoms with E-state index < -0.39 is 28.3 Å². The van der Waals surface area contributed by atoms with E-state index in [-0.39, 0.29) is 42.0 Å². The minimum atomic E-state index is -3.82. The molecule has 0 unspecified atom stereocenters. The fraction of sp³-hybridized carbons (Fsp3) is 0.533. The first-order valence-corrected chi connectivity index (χ1v) is 16.1. The lowest BCUT2D eigenvalue weighted by Gasteiger charge is -2.34. The van der Waals surface area contributed by atoms with Gasteiger partial charge in [0.05, 0.1) is 35.3 Å². The van der Waals surface area contributed by atoms with Crippen molar-refractivity contribution in [3.05, 3.63) is 48.0 Å². The number of fused-ring (bicyclic) bond motifs is 5. The Morgan fingerprint density at radius 3 is 2.52 bits per heavy atom. The molecule has 3 aliphatic rings. The maximum absolute atomic E-state index is 13.6. The van der Waals surface area contributed by atoms with Gasteiger partial charge in [-0.25, -0.2) is 13.6 Å². The fourth-order valence-corrected chi connectivity index (χ4v) is 6.54. The number of carbonyl (C=O) groups is 2. The number of ether oxygens (including phenoxy) is 2. The third-order valence-corrected chi connectivity index (χ3v) is 9.07. The van der Waals surface area contributed by atoms with Crippen molar-refractivity contribution < 1.29 is 32.6 Å². The molecule has 0 saturated carbocycles. The number of primary sulfonamides is 1. The van der Waals surface area contributed by atoms with Crippen molar-refractivity contribution in [3.63, 3.8) is 0 Å². The number of benzene rings is 2. The Labute approximate surface area is 246 Å². The van der Waals surface area contributed by atoms with Crippen LogP contribution in [-0.4, -0.2) is 86.9 Å². The third-order valence-electron chi connectivity index (χ3n) is 8.14. The topological polar surface area (TPSA) is 160 Å². The molecule has 4 bridgehead atoms. The van der Waals surface area contributed by atoms with Gasteiger partial charge in [0, 0.05) is 32.1 Å². The Morgan fingerprint density at radius 1 is 1.07 bits per heavy atom. The van der Waals surface area contributed by atoms with Crippen molar-refractivity contribution in [1.29, 1.82) is 0 Å². The number of rotatable bonds is 4. The molecule has 2 saturated heterocycles. The lowest BCUT2D eigenvalue weighted by atomic mass is 9.99. The first-order valence-electron chi connectivity index (χ1n) is 14.5. The number of nitrogens with zero attached hydrogens (tertiary/aromatic N) is 1. The second kappa shape index (κ2) is 12.7. The Bertz CT molecular complexity index is 1400. The summed E-state index contributed by atoms with van der Waals surface area (Å²) in [5.41, 5.74) is 1.85. The van der Waals surface area contributed by atoms with Crippen molar-refractivity contribution >= 4 is 21.8 Å². The van der Waals surface area contributed by atoms with Crippen LogP contribution >= 0.6 is 0 Å². The maximum atomic E-state index is 13.6. The summed E-state index contributed by atoms with van der Waals surface area (Å²) >= 11 is 0. The lowest BCUT2D eigenvalue weighted by molar-refractivity contribution is -0.133. The Balaban J connectivity index is 1.44. The maximum Gasteiger partial charge on any atom is 0.255 e. The average molecular weight is 601 g/mol. The number of hydrogen-bond donors (Lipinski definition) is 4. The van der Waals surface area contributed by atoms with E-state index in [2.05, 4.69) is 29.4 Å². The van der Waals surface area contributed by atoms with Gasteiger partial charge in [-0.15, -0.1) is 0 Å². The standard InChI is InChI=1S/C30H40N4O7S/c1-18(2)16-34-17-21-14-25(34)30(37)32-15-28-26(35)10-6-22(41-28)11-12-40-27-13-20(5-9-24(27)29(36)33-21)19-3-7-23(8-4-19)42(31,38)39/h3-5,7-9,13,18,21-22,25-26,28,35H,6,10-12,14-17H2,1-2H3,(H,32,37)(H,33,36)(H2,31,38,39)/t21-,22-,25-,26-,28+/m0/s1. The van der Waals surface area contributed by atoms with Crippen LogP contribution in [0.4, 0.5) is 0 Å². The molecule has 11 nitrogen and oxygen atoms in total. The molecule has 2 aromatic carbocycles. The molecule has 12 heteroatoms. The summed E-state index contributed by atoms with van der Waals surface area (Å²) in [6.07, 6.45) is 0.898. The highest BCUT2D eigenvalue weighted by Crippen LogP contribution is 2.30. The molecular formula is C30H40N4O7S. The number of nitrogens with one attached hydrogen (secondary N) is 2. The molecule has 3 heterocycles. The highest BCUT2D eigenvalue weighted by molar-refractivity contribution is 7.89. The van der Waals surface area contributed by atoms with Gasteiger partial charge in [0.2, 0.25) is 15.9 Å². The van der Waals surface area contributed by atoms with E-state index in [0.717, 1.165) is 11.1 Å². The van der Waals surface area contributed by atoms with Crippen LogP contribution in [0.2, 0.25) is 0 Å². The van der Waals surface area contributed by atoms with Gasteiger partial charge in [-0.3, -0.25) is 14.5 Å². The number of aliphatic hydroxyl groups is 1. The molecule has 0 aromatic heterocycles. The summed E-state index contributed by atoms with van der Waals surface area (Å²) in [7, 11) is -3.82. The van der Waals surface area contributed by atoms with Crippen molar-refractivity contribution in [3.8, 4) is 16.9 Å². The van der Waals surface area contributed by atoms with Gasteiger partial charge in [-0.1, -0.05) is 32.0 Å². The minimum absolute atomic E-state index is 0.0119. The van der Waals surface area contributed by atoms with Crippen molar-refractivity contribution in [2.24, 2.45) is 11.1 Å². The second-order valence-corrected chi connectivity index (χ2v) is 13.4. The van der Waals surface area contributed by atoms with E-state index >= 15 is 0 Å². The van der Waals surface area contributed by atoms with E-state index in [1.807, 2.05) is 0 Å². The molecule has 2 amide bonds. The van der Waals surface area contributed by atoms with Crippen molar-refractivity contribution in [2.75, 3.05) is 26.2 Å². The number of hydrogen-bond acceptors (Lipinski definition) is 8. The number of nitrogens with two attached hydrogens (primary N) is 1. The molecule has 5 rings (SSSR count). The van der Waals surface area contributed by atoms with Gasteiger partial charge in [0.25, 0.3) is 5.91 Å². The number of amides is 2. The SMILES string of the molecule is CC(C)CN1C[C@@H]2C[C@H]1C(=O)NC[C@H]1O[C@H](CCOc3cc(-c4ccc(S(N)(=O)=O)cc4)ccc3C(=O)N2)CC[C@@H]1O. The molecule has 3 aliphatic heterocycles. The van der Waals surface area contributed by atoms with Crippen molar-refractivity contribution in [1.82, 2.24) is 15.5 Å². The van der Waals surface area contributed by atoms with Crippen LogP contribution < -0.4 is 20.5 Å². The van der Waals surface area contributed by atoms with Gasteiger partial charge in [-0.05, 0) is 60.6 Å². The van der Waals surface area contributed by atoms with Crippen LogP contribution in [0.5, 0.6) is 5.75 Å². The zero-order chi connectivity index (χ0) is 30.0. The summed E-state index contributed by atoms with van der Waals surface area (Å²) in [4.78, 5) is 29.0. The van der Waals surface area contributed by atoms with Crippen LogP contribution in [-0.2, 0) is 19.6 Å². The van der Waals surface area contributed by atoms with E-state index in [1.165, 1.54) is 12.1 Å². The van der Waals surface area contributed by atoms with Gasteiger partial charge >= 0.3 is 0 Å². The zero-order valence-electron chi connectivity index (χ0n) is 24.0. The average Bonchev–Trinajstić information content (AvgIpc) is 3.33. The number of likely N-dealkylation sites (tertiary alicyclic amines) is 1. The van der Waals surface area contributed by atoms with E-state index in [1.54, 1.807) is 30.3 Å². The Hall–Kier alpha value is -3.03. The predicted molar refractivity (Wildman–Crippen MR) is 156 cm³/mol. The number of aliphatic hydroxyl groups excluding tert-OH is 1. The predicted octanol–water partition coefficient (Wildman–Crippen LogP) is 1.64. The Morgan fingerprint density at radius 2 is 1.81 bits per heavy atom. The molecule has 0 radical (unpaired) electrons. The summed E-state index contributed by atoms with van der Waals surface area (Å²) in [6, 6.07) is 10.8. The summed E-state index contributed by atoms with van der Waals surface area (Å²) < 4.78 is 35.7. The summed E-state index contributed by atoms with van der Waals surface area (Å²) in [5.74, 6) is 0.311. The van der Waals surface area contributed by atoms with Gasteiger partial charge in [0.15, 0.2) is 0 Å². The van der Waals surface area contributed by atoms with Gasteiger partial charge < -0.3 is 25.2 Å². The lowest BCUT2D eigenvalue weighted by Crippen LogP contribution is -2.50. The molecule has 228 valence electrons. The highest BCUT2D eigenvalue weighted by atomic mass is 32.2. The van der Waals surface area contributed by atoms with Gasteiger partial charge in [0.1, 0.15) is 11.9 Å². The molecule has 0 spiro atoms. The second-order valence-electron chi connectivity index (χ2n) is 11.9. The molecule has 5 atom stereocenters. The first kappa shape index (κ1) is 30.4. The summed E-state index contributed by atoms with van der Waals surface area (Å²) in [5, 5.41) is 21.9. The fourth-order valence-electron chi connectivity index (χ4n) is 6.03. The molecule has 2 aromatic rings. The highest BCUT2D eigenvalue weighted by Gasteiger charge is 2.39. The van der Waals surface area contributed by atoms with E-state index in [9.17, 15) is 23.1 Å². The molecule has 5 N–H and O–H groups in total. The summed E-state index contributed by atoms with van der Waals surface area (Å²) in [6.45, 7) is 5.94. The van der Waals surface area contributed by atoms with Crippen LogP contribution in [0.1, 0.15) is 49.9 Å². The molecular weight excluding hydrogens is 560 g/mol. The van der Waals surface area contributed by atoms with E-state index in [0.29, 0.717) is 56.0 Å². The smallest absolute Gasteiger partial charge is 0.255 e. The van der Waals surface area contributed by atoms with Crippen LogP contribution in [0.3, 0.4) is 0 Å². The van der Waals surface area contributed by atoms with Crippen molar-refractivity contribution in [2.45, 2.75) is 74.8 Å². The monoisotopic (exact) mass is 600 g/mol. The first-order chi connectivity index (χ1) is 20.0. The van der Waals surface area contributed by atoms with Gasteiger partial charge in [-0.2, -0.15) is 0 Å². The van der Waals surface area contributed by atoms with Crippen LogP contribution in [0.25, 0.3) is 11.1 Å².